The number of hydrogen-bond acceptors (Lipinski definition) is 3. The van der Waals surface area contributed by atoms with Gasteiger partial charge in [0.2, 0.25) is 0 Å². The molecule has 0 radical (unpaired) electrons. The molecule has 0 bridgehead atoms. The molecule has 0 aliphatic heterocycles. The van der Waals surface area contributed by atoms with Crippen LogP contribution in [-0.2, 0) is 6.42 Å². The van der Waals surface area contributed by atoms with Crippen LogP contribution in [0.15, 0.2) is 48.5 Å². The third kappa shape index (κ3) is 3.35. The number of nitrogens with one attached hydrogen (secondary N) is 1. The van der Waals surface area contributed by atoms with E-state index < -0.39 is 0 Å². The average molecular weight is 254 g/mol. The Hall–Kier alpha value is -2.29. The maximum Gasteiger partial charge on any atom is 0.181 e. The molecule has 0 aliphatic rings. The van der Waals surface area contributed by atoms with Crippen molar-refractivity contribution in [2.24, 2.45) is 0 Å². The Bertz CT molecular complexity index is 578. The predicted molar refractivity (Wildman–Crippen MR) is 79.5 cm³/mol. The van der Waals surface area contributed by atoms with E-state index in [-0.39, 0.29) is 12.3 Å². The van der Waals surface area contributed by atoms with E-state index in [9.17, 15) is 4.79 Å². The molecule has 2 aromatic rings. The average Bonchev–Trinajstić information content (AvgIpc) is 2.45. The molecule has 0 heterocycles. The lowest BCUT2D eigenvalue weighted by molar-refractivity contribution is 0.101. The Morgan fingerprint density at radius 1 is 1.16 bits per heavy atom. The molecule has 0 fully saturated rings. The first-order chi connectivity index (χ1) is 9.20. The van der Waals surface area contributed by atoms with Crippen LogP contribution in [-0.4, -0.2) is 12.3 Å². The van der Waals surface area contributed by atoms with Crippen LogP contribution < -0.4 is 11.1 Å². The molecular formula is C16H18N2O. The number of aryl methyl sites for hydroxylation is 1. The van der Waals surface area contributed by atoms with E-state index in [0.29, 0.717) is 11.3 Å². The van der Waals surface area contributed by atoms with Gasteiger partial charge in [-0.05, 0) is 30.2 Å². The van der Waals surface area contributed by atoms with Gasteiger partial charge in [0.15, 0.2) is 5.78 Å². The summed E-state index contributed by atoms with van der Waals surface area (Å²) in [5.41, 5.74) is 9.15. The second-order valence-corrected chi connectivity index (χ2v) is 4.41. The van der Waals surface area contributed by atoms with Crippen molar-refractivity contribution in [3.8, 4) is 0 Å². The lowest BCUT2D eigenvalue weighted by atomic mass is 10.1. The van der Waals surface area contributed by atoms with Gasteiger partial charge in [-0.3, -0.25) is 4.79 Å². The van der Waals surface area contributed by atoms with Gasteiger partial charge in [-0.2, -0.15) is 0 Å². The van der Waals surface area contributed by atoms with E-state index >= 15 is 0 Å². The third-order valence-electron chi connectivity index (χ3n) is 3.05. The number of carbonyl (C=O) groups is 1. The van der Waals surface area contributed by atoms with Crippen molar-refractivity contribution in [1.29, 1.82) is 0 Å². The molecule has 0 aromatic heterocycles. The fourth-order valence-electron chi connectivity index (χ4n) is 1.99. The van der Waals surface area contributed by atoms with Crippen LogP contribution in [0.5, 0.6) is 0 Å². The molecule has 2 rings (SSSR count). The lowest BCUT2D eigenvalue weighted by Crippen LogP contribution is -2.15. The van der Waals surface area contributed by atoms with Crippen molar-refractivity contribution in [2.45, 2.75) is 13.3 Å². The molecule has 3 heteroatoms. The minimum atomic E-state index is 0.0400. The summed E-state index contributed by atoms with van der Waals surface area (Å²) in [7, 11) is 0. The number of nitrogen functional groups attached to an aromatic ring is 1. The Kier molecular flexibility index (Phi) is 4.18. The summed E-state index contributed by atoms with van der Waals surface area (Å²) < 4.78 is 0. The first-order valence-electron chi connectivity index (χ1n) is 6.41. The van der Waals surface area contributed by atoms with E-state index in [1.54, 1.807) is 24.3 Å². The molecule has 3 nitrogen and oxygen atoms in total. The minimum absolute atomic E-state index is 0.0400. The maximum absolute atomic E-state index is 12.1. The maximum atomic E-state index is 12.1. The number of rotatable bonds is 5. The molecule has 19 heavy (non-hydrogen) atoms. The van der Waals surface area contributed by atoms with Crippen LogP contribution in [0.4, 0.5) is 11.4 Å². The number of carbonyl (C=O) groups excluding carboxylic acids is 1. The zero-order valence-electron chi connectivity index (χ0n) is 11.0. The first kappa shape index (κ1) is 13.1. The molecular weight excluding hydrogens is 236 g/mol. The molecule has 3 N–H and O–H groups in total. The van der Waals surface area contributed by atoms with Gasteiger partial charge in [0.1, 0.15) is 0 Å². The van der Waals surface area contributed by atoms with E-state index in [2.05, 4.69) is 18.3 Å². The number of ketones is 1. The van der Waals surface area contributed by atoms with Gasteiger partial charge in [-0.1, -0.05) is 37.3 Å². The normalized spacial score (nSPS) is 10.2. The largest absolute Gasteiger partial charge is 0.399 e. The van der Waals surface area contributed by atoms with E-state index in [0.717, 1.165) is 12.1 Å². The zero-order valence-corrected chi connectivity index (χ0v) is 11.0. The van der Waals surface area contributed by atoms with Gasteiger partial charge in [0, 0.05) is 16.9 Å². The van der Waals surface area contributed by atoms with Crippen LogP contribution in [0.1, 0.15) is 22.8 Å². The second-order valence-electron chi connectivity index (χ2n) is 4.41. The first-order valence-corrected chi connectivity index (χ1v) is 6.41. The molecule has 0 unspecified atom stereocenters. The number of anilines is 2. The van der Waals surface area contributed by atoms with Crippen molar-refractivity contribution in [3.05, 3.63) is 59.7 Å². The molecule has 0 atom stereocenters. The molecule has 98 valence electrons. The molecule has 0 spiro atoms. The van der Waals surface area contributed by atoms with Crippen molar-refractivity contribution >= 4 is 17.2 Å². The molecule has 2 aromatic carbocycles. The van der Waals surface area contributed by atoms with Gasteiger partial charge in [0.05, 0.1) is 6.54 Å². The lowest BCUT2D eigenvalue weighted by Gasteiger charge is -2.10. The summed E-state index contributed by atoms with van der Waals surface area (Å²) in [5, 5.41) is 3.19. The summed E-state index contributed by atoms with van der Waals surface area (Å²) in [6.07, 6.45) is 0.940. The Labute approximate surface area is 113 Å². The predicted octanol–water partition coefficient (Wildman–Crippen LogP) is 3.13. The van der Waals surface area contributed by atoms with Crippen LogP contribution in [0.25, 0.3) is 0 Å². The monoisotopic (exact) mass is 254 g/mol. The van der Waals surface area contributed by atoms with Gasteiger partial charge in [-0.15, -0.1) is 0 Å². The summed E-state index contributed by atoms with van der Waals surface area (Å²) in [6.45, 7) is 2.38. The van der Waals surface area contributed by atoms with Gasteiger partial charge >= 0.3 is 0 Å². The van der Waals surface area contributed by atoms with Crippen LogP contribution in [0.3, 0.4) is 0 Å². The van der Waals surface area contributed by atoms with E-state index in [1.807, 2.05) is 18.2 Å². The van der Waals surface area contributed by atoms with Crippen molar-refractivity contribution in [3.63, 3.8) is 0 Å². The number of benzene rings is 2. The second kappa shape index (κ2) is 6.05. The highest BCUT2D eigenvalue weighted by Crippen LogP contribution is 2.15. The van der Waals surface area contributed by atoms with Gasteiger partial charge < -0.3 is 11.1 Å². The highest BCUT2D eigenvalue weighted by atomic mass is 16.1. The Balaban J connectivity index is 2.04. The van der Waals surface area contributed by atoms with E-state index in [4.69, 9.17) is 5.73 Å². The molecule has 0 saturated heterocycles. The smallest absolute Gasteiger partial charge is 0.181 e. The summed E-state index contributed by atoms with van der Waals surface area (Å²) in [5.74, 6) is 0.0400. The number of para-hydroxylation sites is 1. The summed E-state index contributed by atoms with van der Waals surface area (Å²) in [6, 6.07) is 15.1. The standard InChI is InChI=1S/C16H18N2O/c1-2-12-6-3-4-9-15(12)18-11-16(19)13-7-5-8-14(17)10-13/h3-10,18H,2,11,17H2,1H3. The minimum Gasteiger partial charge on any atom is -0.399 e. The number of nitrogens with two attached hydrogens (primary N) is 1. The van der Waals surface area contributed by atoms with Crippen LogP contribution in [0.2, 0.25) is 0 Å². The van der Waals surface area contributed by atoms with E-state index in [1.165, 1.54) is 5.56 Å². The van der Waals surface area contributed by atoms with Gasteiger partial charge in [0.25, 0.3) is 0 Å². The van der Waals surface area contributed by atoms with Gasteiger partial charge in [-0.25, -0.2) is 0 Å². The van der Waals surface area contributed by atoms with Crippen LogP contribution >= 0.6 is 0 Å². The number of hydrogen-bond donors (Lipinski definition) is 2. The van der Waals surface area contributed by atoms with Crippen molar-refractivity contribution in [1.82, 2.24) is 0 Å². The Morgan fingerprint density at radius 2 is 1.95 bits per heavy atom. The number of Topliss-reactive ketones (excluding diaryl/α,β-unsaturated/α-hetero) is 1. The van der Waals surface area contributed by atoms with Crippen LogP contribution in [0, 0.1) is 0 Å². The zero-order chi connectivity index (χ0) is 13.7. The fourth-order valence-corrected chi connectivity index (χ4v) is 1.99. The summed E-state index contributed by atoms with van der Waals surface area (Å²) in [4.78, 5) is 12.1. The molecule has 0 saturated carbocycles. The highest BCUT2D eigenvalue weighted by molar-refractivity contribution is 5.99. The molecule has 0 amide bonds. The SMILES string of the molecule is CCc1ccccc1NCC(=O)c1cccc(N)c1. The Morgan fingerprint density at radius 3 is 2.68 bits per heavy atom. The topological polar surface area (TPSA) is 55.1 Å². The molecule has 0 aliphatic carbocycles. The highest BCUT2D eigenvalue weighted by Gasteiger charge is 2.06. The quantitative estimate of drug-likeness (QED) is 0.636. The van der Waals surface area contributed by atoms with Crippen molar-refractivity contribution < 1.29 is 4.79 Å². The summed E-state index contributed by atoms with van der Waals surface area (Å²) >= 11 is 0. The fraction of sp³-hybridized carbons (Fsp3) is 0.188. The third-order valence-corrected chi connectivity index (χ3v) is 3.05. The van der Waals surface area contributed by atoms with Crippen molar-refractivity contribution in [2.75, 3.05) is 17.6 Å².